The highest BCUT2D eigenvalue weighted by atomic mass is 32.2. The number of thiophene rings is 1. The molecular formula is C23H21N3O2S2. The molecule has 0 bridgehead atoms. The van der Waals surface area contributed by atoms with Crippen molar-refractivity contribution in [1.29, 1.82) is 0 Å². The van der Waals surface area contributed by atoms with Crippen molar-refractivity contribution < 1.29 is 4.79 Å². The van der Waals surface area contributed by atoms with Crippen molar-refractivity contribution in [2.24, 2.45) is 0 Å². The largest absolute Gasteiger partial charge is 0.350 e. The Hall–Kier alpha value is -2.90. The summed E-state index contributed by atoms with van der Waals surface area (Å²) in [7, 11) is 0. The fourth-order valence-electron chi connectivity index (χ4n) is 3.18. The van der Waals surface area contributed by atoms with Crippen molar-refractivity contribution in [3.05, 3.63) is 86.3 Å². The van der Waals surface area contributed by atoms with Gasteiger partial charge in [0.25, 0.3) is 5.56 Å². The van der Waals surface area contributed by atoms with Gasteiger partial charge in [0.1, 0.15) is 0 Å². The van der Waals surface area contributed by atoms with E-state index in [4.69, 9.17) is 4.98 Å². The highest BCUT2D eigenvalue weighted by Crippen LogP contribution is 2.24. The van der Waals surface area contributed by atoms with Gasteiger partial charge in [0, 0.05) is 4.88 Å². The van der Waals surface area contributed by atoms with E-state index in [0.29, 0.717) is 22.6 Å². The third-order valence-electron chi connectivity index (χ3n) is 4.93. The highest BCUT2D eigenvalue weighted by molar-refractivity contribution is 7.99. The van der Waals surface area contributed by atoms with Gasteiger partial charge in [-0.25, -0.2) is 4.98 Å². The van der Waals surface area contributed by atoms with Crippen LogP contribution in [0.15, 0.2) is 69.9 Å². The maximum Gasteiger partial charge on any atom is 0.266 e. The van der Waals surface area contributed by atoms with E-state index >= 15 is 0 Å². The summed E-state index contributed by atoms with van der Waals surface area (Å²) in [6.45, 7) is 4.52. The van der Waals surface area contributed by atoms with Gasteiger partial charge in [0.15, 0.2) is 5.16 Å². The van der Waals surface area contributed by atoms with Crippen molar-refractivity contribution >= 4 is 39.9 Å². The minimum atomic E-state index is -0.129. The summed E-state index contributed by atoms with van der Waals surface area (Å²) in [6.07, 6.45) is 0. The second kappa shape index (κ2) is 8.85. The number of carbonyl (C=O) groups excluding carboxylic acids is 1. The molecule has 152 valence electrons. The van der Waals surface area contributed by atoms with Gasteiger partial charge in [-0.2, -0.15) is 0 Å². The number of hydrogen-bond acceptors (Lipinski definition) is 5. The maximum atomic E-state index is 13.3. The third kappa shape index (κ3) is 4.17. The molecule has 1 amide bonds. The molecule has 1 N–H and O–H groups in total. The third-order valence-corrected chi connectivity index (χ3v) is 6.75. The van der Waals surface area contributed by atoms with Crippen LogP contribution in [0.25, 0.3) is 16.6 Å². The average Bonchev–Trinajstić information content (AvgIpc) is 3.27. The number of nitrogens with zero attached hydrogens (tertiary/aromatic N) is 2. The molecule has 0 unspecified atom stereocenters. The van der Waals surface area contributed by atoms with Crippen molar-refractivity contribution in [3.8, 4) is 5.69 Å². The highest BCUT2D eigenvalue weighted by Gasteiger charge is 2.16. The van der Waals surface area contributed by atoms with Crippen LogP contribution in [0.1, 0.15) is 16.0 Å². The van der Waals surface area contributed by atoms with Gasteiger partial charge >= 0.3 is 0 Å². The Bertz CT molecular complexity index is 1260. The lowest BCUT2D eigenvalue weighted by atomic mass is 10.1. The molecule has 0 fully saturated rings. The van der Waals surface area contributed by atoms with Crippen LogP contribution < -0.4 is 10.9 Å². The SMILES string of the molecule is Cc1cccc(-n2c(SCC(=O)NCc3cccs3)nc3ccccc3c2=O)c1C. The first kappa shape index (κ1) is 20.4. The summed E-state index contributed by atoms with van der Waals surface area (Å²) in [6, 6.07) is 17.1. The summed E-state index contributed by atoms with van der Waals surface area (Å²) >= 11 is 2.88. The molecule has 4 aromatic rings. The molecule has 0 aliphatic rings. The molecule has 0 saturated carbocycles. The monoisotopic (exact) mass is 435 g/mol. The van der Waals surface area contributed by atoms with Crippen molar-refractivity contribution in [2.45, 2.75) is 25.5 Å². The molecule has 0 aliphatic carbocycles. The van der Waals surface area contributed by atoms with Crippen LogP contribution in [-0.4, -0.2) is 21.2 Å². The number of rotatable bonds is 6. The van der Waals surface area contributed by atoms with Gasteiger partial charge in [0.2, 0.25) is 5.91 Å². The van der Waals surface area contributed by atoms with E-state index in [1.54, 1.807) is 22.0 Å². The minimum absolute atomic E-state index is 0.0941. The number of benzene rings is 2. The molecule has 2 aromatic heterocycles. The van der Waals surface area contributed by atoms with Crippen molar-refractivity contribution in [2.75, 3.05) is 5.75 Å². The van der Waals surface area contributed by atoms with E-state index in [1.807, 2.05) is 67.8 Å². The van der Waals surface area contributed by atoms with Crippen LogP contribution in [0, 0.1) is 13.8 Å². The molecule has 0 saturated heterocycles. The average molecular weight is 436 g/mol. The number of fused-ring (bicyclic) bond motifs is 1. The zero-order valence-corrected chi connectivity index (χ0v) is 18.3. The molecule has 7 heteroatoms. The number of thioether (sulfide) groups is 1. The van der Waals surface area contributed by atoms with E-state index in [-0.39, 0.29) is 17.2 Å². The zero-order chi connectivity index (χ0) is 21.1. The van der Waals surface area contributed by atoms with Crippen LogP contribution in [0.3, 0.4) is 0 Å². The van der Waals surface area contributed by atoms with Gasteiger partial charge in [-0.05, 0) is 54.6 Å². The van der Waals surface area contributed by atoms with Gasteiger partial charge in [0.05, 0.1) is 28.9 Å². The normalized spacial score (nSPS) is 11.0. The van der Waals surface area contributed by atoms with E-state index < -0.39 is 0 Å². The van der Waals surface area contributed by atoms with Crippen LogP contribution in [-0.2, 0) is 11.3 Å². The predicted octanol–water partition coefficient (Wildman–Crippen LogP) is 4.47. The van der Waals surface area contributed by atoms with Gasteiger partial charge < -0.3 is 5.32 Å². The lowest BCUT2D eigenvalue weighted by Gasteiger charge is -2.16. The molecule has 0 atom stereocenters. The lowest BCUT2D eigenvalue weighted by molar-refractivity contribution is -0.118. The Morgan fingerprint density at radius 2 is 1.93 bits per heavy atom. The van der Waals surface area contributed by atoms with E-state index in [2.05, 4.69) is 5.32 Å². The minimum Gasteiger partial charge on any atom is -0.350 e. The number of amides is 1. The fraction of sp³-hybridized carbons (Fsp3) is 0.174. The first-order chi connectivity index (χ1) is 14.5. The van der Waals surface area contributed by atoms with E-state index in [9.17, 15) is 9.59 Å². The van der Waals surface area contributed by atoms with Crippen molar-refractivity contribution in [3.63, 3.8) is 0 Å². The van der Waals surface area contributed by atoms with Crippen LogP contribution in [0.4, 0.5) is 0 Å². The number of aryl methyl sites for hydroxylation is 1. The van der Waals surface area contributed by atoms with E-state index in [0.717, 1.165) is 21.7 Å². The van der Waals surface area contributed by atoms with Gasteiger partial charge in [-0.15, -0.1) is 11.3 Å². The van der Waals surface area contributed by atoms with Gasteiger partial charge in [-0.1, -0.05) is 42.1 Å². The Balaban J connectivity index is 1.68. The summed E-state index contributed by atoms with van der Waals surface area (Å²) in [4.78, 5) is 31.6. The zero-order valence-electron chi connectivity index (χ0n) is 16.7. The summed E-state index contributed by atoms with van der Waals surface area (Å²) in [5, 5.41) is 5.98. The number of hydrogen-bond donors (Lipinski definition) is 1. The summed E-state index contributed by atoms with van der Waals surface area (Å²) < 4.78 is 1.63. The Labute approximate surface area is 182 Å². The lowest BCUT2D eigenvalue weighted by Crippen LogP contribution is -2.26. The molecule has 5 nitrogen and oxygen atoms in total. The number of carbonyl (C=O) groups is 1. The van der Waals surface area contributed by atoms with E-state index in [1.165, 1.54) is 11.8 Å². The quantitative estimate of drug-likeness (QED) is 0.358. The van der Waals surface area contributed by atoms with Crippen LogP contribution in [0.2, 0.25) is 0 Å². The molecule has 0 radical (unpaired) electrons. The standard InChI is InChI=1S/C23H21N3O2S2/c1-15-7-5-11-20(16(15)2)26-22(28)18-9-3-4-10-19(18)25-23(26)30-14-21(27)24-13-17-8-6-12-29-17/h3-12H,13-14H2,1-2H3,(H,24,27). The Morgan fingerprint density at radius 1 is 1.10 bits per heavy atom. The number of para-hydroxylation sites is 1. The molecule has 4 rings (SSSR count). The molecule has 2 aromatic carbocycles. The summed E-state index contributed by atoms with van der Waals surface area (Å²) in [5.41, 5.74) is 3.40. The second-order valence-corrected chi connectivity index (χ2v) is 8.89. The van der Waals surface area contributed by atoms with Crippen molar-refractivity contribution in [1.82, 2.24) is 14.9 Å². The maximum absolute atomic E-state index is 13.3. The predicted molar refractivity (Wildman–Crippen MR) is 124 cm³/mol. The molecule has 30 heavy (non-hydrogen) atoms. The summed E-state index contributed by atoms with van der Waals surface area (Å²) in [5.74, 6) is 0.0874. The van der Waals surface area contributed by atoms with Crippen LogP contribution in [0.5, 0.6) is 0 Å². The first-order valence-corrected chi connectivity index (χ1v) is 11.4. The van der Waals surface area contributed by atoms with Crippen LogP contribution >= 0.6 is 23.1 Å². The molecular weight excluding hydrogens is 414 g/mol. The first-order valence-electron chi connectivity index (χ1n) is 9.55. The fourth-order valence-corrected chi connectivity index (χ4v) is 4.66. The Morgan fingerprint density at radius 3 is 2.73 bits per heavy atom. The topological polar surface area (TPSA) is 64.0 Å². The number of aromatic nitrogens is 2. The molecule has 0 spiro atoms. The second-order valence-electron chi connectivity index (χ2n) is 6.92. The molecule has 2 heterocycles. The molecule has 0 aliphatic heterocycles. The van der Waals surface area contributed by atoms with Gasteiger partial charge in [-0.3, -0.25) is 14.2 Å². The Kier molecular flexibility index (Phi) is 6.01. The number of nitrogens with one attached hydrogen (secondary N) is 1. The smallest absolute Gasteiger partial charge is 0.266 e.